The van der Waals surface area contributed by atoms with Gasteiger partial charge in [-0.3, -0.25) is 4.79 Å². The van der Waals surface area contributed by atoms with E-state index in [-0.39, 0.29) is 5.82 Å². The van der Waals surface area contributed by atoms with Crippen LogP contribution in [-0.4, -0.2) is 26.5 Å². The SMILES string of the molecule is O=C(Nc1ccccc1Sc1ccccc1)c1nn[nH]n1. The zero-order valence-electron chi connectivity index (χ0n) is 10.9. The van der Waals surface area contributed by atoms with E-state index in [2.05, 4.69) is 25.9 Å². The molecule has 0 aliphatic carbocycles. The molecule has 1 amide bonds. The first-order chi connectivity index (χ1) is 10.3. The lowest BCUT2D eigenvalue weighted by molar-refractivity contribution is 0.101. The zero-order chi connectivity index (χ0) is 14.5. The molecule has 0 fully saturated rings. The number of aromatic amines is 1. The molecule has 0 spiro atoms. The normalized spacial score (nSPS) is 10.3. The van der Waals surface area contributed by atoms with Gasteiger partial charge in [0.25, 0.3) is 11.7 Å². The molecule has 3 aromatic rings. The first-order valence-electron chi connectivity index (χ1n) is 6.19. The van der Waals surface area contributed by atoms with E-state index in [0.717, 1.165) is 9.79 Å². The number of para-hydroxylation sites is 1. The Hall–Kier alpha value is -2.67. The van der Waals surface area contributed by atoms with E-state index < -0.39 is 5.91 Å². The third kappa shape index (κ3) is 3.26. The predicted octanol–water partition coefficient (Wildman–Crippen LogP) is 2.60. The number of aromatic nitrogens is 4. The number of tetrazole rings is 1. The number of rotatable bonds is 4. The molecular weight excluding hydrogens is 286 g/mol. The van der Waals surface area contributed by atoms with Crippen LogP contribution in [0.25, 0.3) is 0 Å². The van der Waals surface area contributed by atoms with E-state index in [1.165, 1.54) is 0 Å². The summed E-state index contributed by atoms with van der Waals surface area (Å²) in [5.74, 6) is -0.389. The van der Waals surface area contributed by atoms with Gasteiger partial charge in [-0.2, -0.15) is 5.21 Å². The fourth-order valence-electron chi connectivity index (χ4n) is 1.71. The zero-order valence-corrected chi connectivity index (χ0v) is 11.7. The Labute approximate surface area is 125 Å². The highest BCUT2D eigenvalue weighted by molar-refractivity contribution is 7.99. The van der Waals surface area contributed by atoms with Gasteiger partial charge in [-0.1, -0.05) is 42.1 Å². The lowest BCUT2D eigenvalue weighted by atomic mass is 10.3. The Morgan fingerprint density at radius 2 is 1.81 bits per heavy atom. The van der Waals surface area contributed by atoms with Gasteiger partial charge in [0, 0.05) is 9.79 Å². The summed E-state index contributed by atoms with van der Waals surface area (Å²) in [6, 6.07) is 17.5. The van der Waals surface area contributed by atoms with E-state index in [1.807, 2.05) is 54.6 Å². The summed E-state index contributed by atoms with van der Waals surface area (Å²) in [7, 11) is 0. The van der Waals surface area contributed by atoms with Crippen molar-refractivity contribution >= 4 is 23.4 Å². The molecular formula is C14H11N5OS. The molecule has 1 heterocycles. The summed E-state index contributed by atoms with van der Waals surface area (Å²) in [6.45, 7) is 0. The minimum absolute atomic E-state index is 0.00881. The van der Waals surface area contributed by atoms with Crippen LogP contribution in [0.4, 0.5) is 5.69 Å². The summed E-state index contributed by atoms with van der Waals surface area (Å²) < 4.78 is 0. The molecule has 0 aliphatic heterocycles. The molecule has 7 heteroatoms. The molecule has 104 valence electrons. The van der Waals surface area contributed by atoms with Crippen molar-refractivity contribution in [3.8, 4) is 0 Å². The number of carbonyl (C=O) groups excluding carboxylic acids is 1. The summed E-state index contributed by atoms with van der Waals surface area (Å²) >= 11 is 1.57. The third-order valence-corrected chi connectivity index (χ3v) is 3.74. The standard InChI is InChI=1S/C14H11N5OS/c20-14(13-16-18-19-17-13)15-11-8-4-5-9-12(11)21-10-6-2-1-3-7-10/h1-9H,(H,15,20)(H,16,17,18,19). The first kappa shape index (κ1) is 13.3. The number of anilines is 1. The van der Waals surface area contributed by atoms with E-state index in [4.69, 9.17) is 0 Å². The molecule has 0 aliphatic rings. The van der Waals surface area contributed by atoms with Crippen molar-refractivity contribution in [2.24, 2.45) is 0 Å². The van der Waals surface area contributed by atoms with E-state index in [0.29, 0.717) is 5.69 Å². The maximum absolute atomic E-state index is 12.0. The summed E-state index contributed by atoms with van der Waals surface area (Å²) in [6.07, 6.45) is 0. The molecule has 0 unspecified atom stereocenters. The summed E-state index contributed by atoms with van der Waals surface area (Å²) in [5.41, 5.74) is 0.709. The van der Waals surface area contributed by atoms with Crippen LogP contribution in [0.1, 0.15) is 10.6 Å². The van der Waals surface area contributed by atoms with Crippen molar-refractivity contribution in [1.29, 1.82) is 0 Å². The van der Waals surface area contributed by atoms with Crippen molar-refractivity contribution < 1.29 is 4.79 Å². The number of H-pyrrole nitrogens is 1. The minimum Gasteiger partial charge on any atom is -0.318 e. The lowest BCUT2D eigenvalue weighted by Gasteiger charge is -2.09. The van der Waals surface area contributed by atoms with E-state index in [1.54, 1.807) is 11.8 Å². The largest absolute Gasteiger partial charge is 0.318 e. The highest BCUT2D eigenvalue weighted by Gasteiger charge is 2.13. The number of nitrogens with one attached hydrogen (secondary N) is 2. The monoisotopic (exact) mass is 297 g/mol. The molecule has 6 nitrogen and oxygen atoms in total. The van der Waals surface area contributed by atoms with Crippen molar-refractivity contribution in [2.75, 3.05) is 5.32 Å². The van der Waals surface area contributed by atoms with Gasteiger partial charge in [-0.15, -0.1) is 10.2 Å². The second-order valence-corrected chi connectivity index (χ2v) is 5.22. The summed E-state index contributed by atoms with van der Waals surface area (Å²) in [4.78, 5) is 14.0. The van der Waals surface area contributed by atoms with Gasteiger partial charge in [-0.05, 0) is 29.5 Å². The Kier molecular flexibility index (Phi) is 3.92. The predicted molar refractivity (Wildman–Crippen MR) is 79.1 cm³/mol. The van der Waals surface area contributed by atoms with Gasteiger partial charge in [0.15, 0.2) is 0 Å². The van der Waals surface area contributed by atoms with Crippen LogP contribution in [0.3, 0.4) is 0 Å². The highest BCUT2D eigenvalue weighted by atomic mass is 32.2. The summed E-state index contributed by atoms with van der Waals surface area (Å²) in [5, 5.41) is 15.7. The number of benzene rings is 2. The Bertz CT molecular complexity index is 730. The second-order valence-electron chi connectivity index (χ2n) is 4.10. The molecule has 21 heavy (non-hydrogen) atoms. The van der Waals surface area contributed by atoms with Crippen LogP contribution < -0.4 is 5.32 Å². The van der Waals surface area contributed by atoms with Crippen molar-refractivity contribution in [3.63, 3.8) is 0 Å². The van der Waals surface area contributed by atoms with Crippen LogP contribution >= 0.6 is 11.8 Å². The fourth-order valence-corrected chi connectivity index (χ4v) is 2.63. The van der Waals surface area contributed by atoms with Crippen LogP contribution in [-0.2, 0) is 0 Å². The molecule has 1 aromatic heterocycles. The average Bonchev–Trinajstić information content (AvgIpc) is 3.05. The lowest BCUT2D eigenvalue weighted by Crippen LogP contribution is -2.14. The van der Waals surface area contributed by atoms with Crippen LogP contribution in [0.2, 0.25) is 0 Å². The highest BCUT2D eigenvalue weighted by Crippen LogP contribution is 2.33. The molecule has 0 saturated carbocycles. The van der Waals surface area contributed by atoms with Gasteiger partial charge in [0.05, 0.1) is 5.69 Å². The van der Waals surface area contributed by atoms with Crippen molar-refractivity contribution in [3.05, 3.63) is 60.4 Å². The topological polar surface area (TPSA) is 83.6 Å². The average molecular weight is 297 g/mol. The number of carbonyl (C=O) groups is 1. The first-order valence-corrected chi connectivity index (χ1v) is 7.01. The van der Waals surface area contributed by atoms with E-state index in [9.17, 15) is 4.79 Å². The van der Waals surface area contributed by atoms with Gasteiger partial charge < -0.3 is 5.32 Å². The van der Waals surface area contributed by atoms with Crippen molar-refractivity contribution in [1.82, 2.24) is 20.6 Å². The van der Waals surface area contributed by atoms with Crippen LogP contribution in [0.5, 0.6) is 0 Å². The van der Waals surface area contributed by atoms with E-state index >= 15 is 0 Å². The molecule has 2 N–H and O–H groups in total. The van der Waals surface area contributed by atoms with Crippen molar-refractivity contribution in [2.45, 2.75) is 9.79 Å². The third-order valence-electron chi connectivity index (χ3n) is 2.65. The molecule has 0 saturated heterocycles. The maximum atomic E-state index is 12.0. The molecule has 3 rings (SSSR count). The smallest absolute Gasteiger partial charge is 0.297 e. The molecule has 0 radical (unpaired) electrons. The number of hydrogen-bond acceptors (Lipinski definition) is 5. The molecule has 0 atom stereocenters. The van der Waals surface area contributed by atoms with Gasteiger partial charge in [-0.25, -0.2) is 0 Å². The van der Waals surface area contributed by atoms with Gasteiger partial charge in [0.1, 0.15) is 0 Å². The fraction of sp³-hybridized carbons (Fsp3) is 0. The Balaban J connectivity index is 1.81. The van der Waals surface area contributed by atoms with Crippen LogP contribution in [0.15, 0.2) is 64.4 Å². The Morgan fingerprint density at radius 1 is 1.05 bits per heavy atom. The number of amides is 1. The number of hydrogen-bond donors (Lipinski definition) is 2. The second kappa shape index (κ2) is 6.19. The molecule has 2 aromatic carbocycles. The van der Waals surface area contributed by atoms with Gasteiger partial charge in [0.2, 0.25) is 0 Å². The maximum Gasteiger partial charge on any atom is 0.297 e. The number of nitrogens with zero attached hydrogens (tertiary/aromatic N) is 3. The van der Waals surface area contributed by atoms with Gasteiger partial charge >= 0.3 is 0 Å². The Morgan fingerprint density at radius 3 is 2.57 bits per heavy atom. The molecule has 0 bridgehead atoms. The quantitative estimate of drug-likeness (QED) is 0.773. The van der Waals surface area contributed by atoms with Crippen LogP contribution in [0, 0.1) is 0 Å². The minimum atomic E-state index is -0.398.